The SMILES string of the molecule is CCCCCCCCCCCCCCOc1ccc(CCN(C(C)=O)c2cccc(C[n+]3ccsc3)c2)cc1F.[Br-]. The first-order valence-corrected chi connectivity index (χ1v) is 16.2. The largest absolute Gasteiger partial charge is 1.00 e. The number of benzene rings is 2. The van der Waals surface area contributed by atoms with Gasteiger partial charge in [-0.1, -0.05) is 107 Å². The highest BCUT2D eigenvalue weighted by atomic mass is 79.9. The van der Waals surface area contributed by atoms with E-state index in [9.17, 15) is 9.18 Å². The van der Waals surface area contributed by atoms with Crippen LogP contribution in [0.25, 0.3) is 0 Å². The van der Waals surface area contributed by atoms with E-state index in [2.05, 4.69) is 29.1 Å². The van der Waals surface area contributed by atoms with E-state index in [0.717, 1.165) is 36.2 Å². The van der Waals surface area contributed by atoms with E-state index >= 15 is 0 Å². The lowest BCUT2D eigenvalue weighted by Crippen LogP contribution is -3.00. The summed E-state index contributed by atoms with van der Waals surface area (Å²) >= 11 is 1.65. The number of thiazole rings is 1. The molecule has 41 heavy (non-hydrogen) atoms. The highest BCUT2D eigenvalue weighted by Gasteiger charge is 2.14. The Balaban J connectivity index is 0.00000588. The van der Waals surface area contributed by atoms with Crippen molar-refractivity contribution in [1.82, 2.24) is 0 Å². The molecule has 0 saturated heterocycles. The number of amides is 1. The zero-order valence-corrected chi connectivity index (χ0v) is 27.4. The molecule has 7 heteroatoms. The molecule has 0 radical (unpaired) electrons. The molecule has 4 nitrogen and oxygen atoms in total. The summed E-state index contributed by atoms with van der Waals surface area (Å²) in [7, 11) is 0. The molecule has 3 aromatic rings. The number of aromatic nitrogens is 1. The molecule has 0 atom stereocenters. The Labute approximate surface area is 261 Å². The van der Waals surface area contributed by atoms with Crippen LogP contribution in [0.15, 0.2) is 59.6 Å². The Hall–Kier alpha value is -2.25. The average molecular weight is 648 g/mol. The number of nitrogens with zero attached hydrogens (tertiary/aromatic N) is 2. The Morgan fingerprint density at radius 3 is 2.20 bits per heavy atom. The molecule has 1 amide bonds. The van der Waals surface area contributed by atoms with Gasteiger partial charge in [0, 0.05) is 24.7 Å². The Morgan fingerprint density at radius 2 is 1.59 bits per heavy atom. The van der Waals surface area contributed by atoms with Crippen LogP contribution in [0.5, 0.6) is 5.75 Å². The van der Waals surface area contributed by atoms with Gasteiger partial charge < -0.3 is 26.6 Å². The van der Waals surface area contributed by atoms with Crippen molar-refractivity contribution in [3.63, 3.8) is 0 Å². The summed E-state index contributed by atoms with van der Waals surface area (Å²) in [4.78, 5) is 14.2. The second kappa shape index (κ2) is 20.6. The van der Waals surface area contributed by atoms with Crippen molar-refractivity contribution >= 4 is 22.9 Å². The number of halogens is 2. The third kappa shape index (κ3) is 13.5. The molecule has 1 heterocycles. The van der Waals surface area contributed by atoms with Crippen LogP contribution >= 0.6 is 11.3 Å². The monoisotopic (exact) mass is 646 g/mol. The number of hydrogen-bond donors (Lipinski definition) is 0. The molecule has 0 bridgehead atoms. The quantitative estimate of drug-likeness (QED) is 0.113. The van der Waals surface area contributed by atoms with Crippen molar-refractivity contribution in [1.29, 1.82) is 0 Å². The van der Waals surface area contributed by atoms with Crippen molar-refractivity contribution in [3.8, 4) is 5.75 Å². The summed E-state index contributed by atoms with van der Waals surface area (Å²) in [5.74, 6) is -0.0438. The van der Waals surface area contributed by atoms with Gasteiger partial charge in [0.05, 0.1) is 12.0 Å². The summed E-state index contributed by atoms with van der Waals surface area (Å²) in [6.07, 6.45) is 18.1. The summed E-state index contributed by atoms with van der Waals surface area (Å²) in [6.45, 7) is 5.63. The smallest absolute Gasteiger partial charge is 0.224 e. The predicted molar refractivity (Wildman–Crippen MR) is 165 cm³/mol. The first-order chi connectivity index (χ1) is 19.6. The van der Waals surface area contributed by atoms with Crippen LogP contribution in [0.3, 0.4) is 0 Å². The molecule has 0 aliphatic carbocycles. The summed E-state index contributed by atoms with van der Waals surface area (Å²) in [5, 5.41) is 2.04. The molecule has 0 aliphatic rings. The zero-order valence-electron chi connectivity index (χ0n) is 25.0. The van der Waals surface area contributed by atoms with Crippen LogP contribution in [0.2, 0.25) is 0 Å². The molecular weight excluding hydrogens is 599 g/mol. The minimum absolute atomic E-state index is 0. The van der Waals surface area contributed by atoms with E-state index in [1.807, 2.05) is 29.8 Å². The number of carbonyl (C=O) groups is 1. The van der Waals surface area contributed by atoms with Crippen LogP contribution < -0.4 is 31.2 Å². The molecule has 0 saturated carbocycles. The number of unbranched alkanes of at least 4 members (excludes halogenated alkanes) is 11. The van der Waals surface area contributed by atoms with E-state index < -0.39 is 0 Å². The van der Waals surface area contributed by atoms with Crippen molar-refractivity contribution < 1.29 is 35.5 Å². The van der Waals surface area contributed by atoms with E-state index in [-0.39, 0.29) is 28.7 Å². The van der Waals surface area contributed by atoms with E-state index in [0.29, 0.717) is 25.3 Å². The van der Waals surface area contributed by atoms with Gasteiger partial charge >= 0.3 is 0 Å². The van der Waals surface area contributed by atoms with Gasteiger partial charge in [-0.15, -0.1) is 0 Å². The van der Waals surface area contributed by atoms with Crippen LogP contribution in [-0.4, -0.2) is 19.1 Å². The topological polar surface area (TPSA) is 33.4 Å². The van der Waals surface area contributed by atoms with Crippen molar-refractivity contribution in [2.24, 2.45) is 0 Å². The number of rotatable bonds is 20. The van der Waals surface area contributed by atoms with Crippen molar-refractivity contribution in [2.75, 3.05) is 18.1 Å². The van der Waals surface area contributed by atoms with Crippen molar-refractivity contribution in [2.45, 2.75) is 104 Å². The maximum atomic E-state index is 14.7. The number of ether oxygens (including phenoxy) is 1. The Morgan fingerprint density at radius 1 is 0.902 bits per heavy atom. The van der Waals surface area contributed by atoms with Gasteiger partial charge in [0.15, 0.2) is 24.3 Å². The van der Waals surface area contributed by atoms with Gasteiger partial charge in [0.1, 0.15) is 0 Å². The molecule has 0 aliphatic heterocycles. The zero-order chi connectivity index (χ0) is 28.4. The van der Waals surface area contributed by atoms with Gasteiger partial charge in [0.25, 0.3) is 0 Å². The highest BCUT2D eigenvalue weighted by molar-refractivity contribution is 7.07. The van der Waals surface area contributed by atoms with Crippen molar-refractivity contribution in [3.05, 3.63) is 76.5 Å². The fourth-order valence-corrected chi connectivity index (χ4v) is 5.63. The van der Waals surface area contributed by atoms with Crippen LogP contribution in [0.1, 0.15) is 102 Å². The number of anilines is 1. The third-order valence-electron chi connectivity index (χ3n) is 7.37. The van der Waals surface area contributed by atoms with Gasteiger partial charge in [-0.2, -0.15) is 4.57 Å². The van der Waals surface area contributed by atoms with Crippen LogP contribution in [0, 0.1) is 5.82 Å². The first kappa shape index (κ1) is 34.9. The second-order valence-electron chi connectivity index (χ2n) is 10.8. The first-order valence-electron chi connectivity index (χ1n) is 15.3. The second-order valence-corrected chi connectivity index (χ2v) is 11.5. The fraction of sp³-hybridized carbons (Fsp3) is 0.529. The van der Waals surface area contributed by atoms with Gasteiger partial charge in [-0.3, -0.25) is 4.79 Å². The molecule has 0 fully saturated rings. The standard InChI is InChI=1S/C34H48FN2O2S.BrH/c1-3-4-5-6-7-8-9-10-11-12-13-14-23-39-34-19-18-30(26-33(34)35)20-21-37(29(2)38)32-17-15-16-31(25-32)27-36-22-24-40-28-36;/h15-19,22,24-26,28H,3-14,20-21,23,27H2,1-2H3;1H/q+1;/p-1. The van der Waals surface area contributed by atoms with E-state index in [1.165, 1.54) is 64.2 Å². The molecule has 2 aromatic carbocycles. The average Bonchev–Trinajstić information content (AvgIpc) is 3.45. The summed E-state index contributed by atoms with van der Waals surface area (Å²) < 4.78 is 22.6. The molecule has 226 valence electrons. The minimum Gasteiger partial charge on any atom is -1.00 e. The Bertz CT molecular complexity index is 1130. The number of hydrogen-bond acceptors (Lipinski definition) is 3. The maximum Gasteiger partial charge on any atom is 0.224 e. The molecule has 0 spiro atoms. The summed E-state index contributed by atoms with van der Waals surface area (Å²) in [5.41, 5.74) is 4.92. The third-order valence-corrected chi connectivity index (χ3v) is 8.04. The predicted octanol–water partition coefficient (Wildman–Crippen LogP) is 5.90. The van der Waals surface area contributed by atoms with Crippen LogP contribution in [-0.2, 0) is 17.8 Å². The molecule has 0 N–H and O–H groups in total. The normalized spacial score (nSPS) is 10.8. The van der Waals surface area contributed by atoms with Gasteiger partial charge in [-0.25, -0.2) is 4.39 Å². The molecular formula is C34H48BrFN2O2S. The van der Waals surface area contributed by atoms with Crippen LogP contribution in [0.4, 0.5) is 10.1 Å². The van der Waals surface area contributed by atoms with E-state index in [4.69, 9.17) is 4.74 Å². The maximum absolute atomic E-state index is 14.7. The molecule has 0 unspecified atom stereocenters. The Kier molecular flexibility index (Phi) is 17.6. The van der Waals surface area contributed by atoms with Gasteiger partial charge in [-0.05, 0) is 42.7 Å². The minimum atomic E-state index is -0.333. The lowest BCUT2D eigenvalue weighted by molar-refractivity contribution is -0.683. The fourth-order valence-electron chi connectivity index (χ4n) is 5.04. The van der Waals surface area contributed by atoms with E-state index in [1.54, 1.807) is 35.3 Å². The molecule has 1 aromatic heterocycles. The lowest BCUT2D eigenvalue weighted by Gasteiger charge is -2.22. The number of carbonyl (C=O) groups excluding carboxylic acids is 1. The summed E-state index contributed by atoms with van der Waals surface area (Å²) in [6, 6.07) is 13.2. The highest BCUT2D eigenvalue weighted by Crippen LogP contribution is 2.22. The van der Waals surface area contributed by atoms with Gasteiger partial charge in [0.2, 0.25) is 11.4 Å². The lowest BCUT2D eigenvalue weighted by atomic mass is 10.1. The molecule has 3 rings (SSSR count).